The van der Waals surface area contributed by atoms with Crippen LogP contribution in [0.1, 0.15) is 41.9 Å². The van der Waals surface area contributed by atoms with Gasteiger partial charge in [-0.25, -0.2) is 14.6 Å². The van der Waals surface area contributed by atoms with Crippen LogP contribution < -0.4 is 0 Å². The van der Waals surface area contributed by atoms with Gasteiger partial charge in [-0.2, -0.15) is 5.26 Å². The van der Waals surface area contributed by atoms with Crippen LogP contribution in [0, 0.1) is 11.3 Å². The number of hydrogen-bond donors (Lipinski definition) is 0. The van der Waals surface area contributed by atoms with Gasteiger partial charge in [0, 0.05) is 11.4 Å². The number of aromatic nitrogens is 5. The smallest absolute Gasteiger partial charge is 0.182 e. The predicted molar refractivity (Wildman–Crippen MR) is 112 cm³/mol. The van der Waals surface area contributed by atoms with Crippen molar-refractivity contribution in [3.63, 3.8) is 0 Å². The van der Waals surface area contributed by atoms with Crippen molar-refractivity contribution in [2.45, 2.75) is 32.2 Å². The maximum absolute atomic E-state index is 9.94. The Balaban J connectivity index is 1.86. The van der Waals surface area contributed by atoms with E-state index in [0.29, 0.717) is 40.7 Å². The molecule has 29 heavy (non-hydrogen) atoms. The molecule has 0 aliphatic heterocycles. The lowest BCUT2D eigenvalue weighted by molar-refractivity contribution is 0.662. The maximum Gasteiger partial charge on any atom is 0.182 e. The van der Waals surface area contributed by atoms with Crippen molar-refractivity contribution < 1.29 is 0 Å². The van der Waals surface area contributed by atoms with Crippen LogP contribution in [-0.2, 0) is 13.0 Å². The zero-order valence-electron chi connectivity index (χ0n) is 16.0. The fraction of sp³-hybridized carbons (Fsp3) is 0.227. The topological polar surface area (TPSA) is 80.3 Å². The molecule has 0 fully saturated rings. The van der Waals surface area contributed by atoms with Crippen molar-refractivity contribution in [3.8, 4) is 6.07 Å². The van der Waals surface area contributed by atoms with Crippen LogP contribution >= 0.6 is 11.6 Å². The summed E-state index contributed by atoms with van der Waals surface area (Å²) in [6.45, 7) is 2.62. The normalized spacial score (nSPS) is 12.0. The van der Waals surface area contributed by atoms with E-state index in [1.165, 1.54) is 0 Å². The molecular weight excluding hydrogens is 384 g/mol. The lowest BCUT2D eigenvalue weighted by atomic mass is 9.96. The van der Waals surface area contributed by atoms with Gasteiger partial charge in [-0.15, -0.1) is 5.10 Å². The lowest BCUT2D eigenvalue weighted by Crippen LogP contribution is -2.09. The van der Waals surface area contributed by atoms with Gasteiger partial charge in [-0.3, -0.25) is 0 Å². The lowest BCUT2D eigenvalue weighted by Gasteiger charge is -2.12. The molecule has 0 bridgehead atoms. The minimum Gasteiger partial charge on any atom is -0.234 e. The molecule has 2 aromatic carbocycles. The summed E-state index contributed by atoms with van der Waals surface area (Å²) in [5.41, 5.74) is 3.64. The van der Waals surface area contributed by atoms with Crippen molar-refractivity contribution in [1.82, 2.24) is 25.0 Å². The van der Waals surface area contributed by atoms with Gasteiger partial charge in [0.2, 0.25) is 0 Å². The molecule has 0 N–H and O–H groups in total. The van der Waals surface area contributed by atoms with Crippen molar-refractivity contribution in [2.24, 2.45) is 0 Å². The number of aryl methyl sites for hydroxylation is 1. The van der Waals surface area contributed by atoms with Gasteiger partial charge >= 0.3 is 0 Å². The van der Waals surface area contributed by atoms with Gasteiger partial charge < -0.3 is 0 Å². The maximum atomic E-state index is 9.94. The van der Waals surface area contributed by atoms with E-state index in [4.69, 9.17) is 21.6 Å². The average Bonchev–Trinajstić information content (AvgIpc) is 3.12. The van der Waals surface area contributed by atoms with Crippen molar-refractivity contribution in [2.75, 3.05) is 0 Å². The molecule has 2 heterocycles. The Labute approximate surface area is 173 Å². The third kappa shape index (κ3) is 3.96. The average molecular weight is 403 g/mol. The molecule has 0 unspecified atom stereocenters. The molecule has 0 saturated heterocycles. The summed E-state index contributed by atoms with van der Waals surface area (Å²) < 4.78 is 1.77. The van der Waals surface area contributed by atoms with Gasteiger partial charge in [-0.05, 0) is 29.7 Å². The SMILES string of the molecule is CCCc1nc([C@H](C#N)c2cccc(Cl)c2)c2nnn(Cc3ccccc3)c2n1. The van der Waals surface area contributed by atoms with Crippen LogP contribution in [-0.4, -0.2) is 25.0 Å². The van der Waals surface area contributed by atoms with Crippen LogP contribution in [0.3, 0.4) is 0 Å². The number of nitrogens with zero attached hydrogens (tertiary/aromatic N) is 6. The second-order valence-electron chi connectivity index (χ2n) is 6.80. The van der Waals surface area contributed by atoms with E-state index < -0.39 is 5.92 Å². The quantitative estimate of drug-likeness (QED) is 0.473. The first-order chi connectivity index (χ1) is 14.2. The molecule has 1 atom stereocenters. The number of rotatable bonds is 6. The highest BCUT2D eigenvalue weighted by atomic mass is 35.5. The molecule has 0 spiro atoms. The Morgan fingerprint density at radius 2 is 1.93 bits per heavy atom. The second kappa shape index (κ2) is 8.38. The monoisotopic (exact) mass is 402 g/mol. The summed E-state index contributed by atoms with van der Waals surface area (Å²) in [5, 5.41) is 19.2. The summed E-state index contributed by atoms with van der Waals surface area (Å²) in [6.07, 6.45) is 1.62. The summed E-state index contributed by atoms with van der Waals surface area (Å²) in [6, 6.07) is 19.7. The fourth-order valence-electron chi connectivity index (χ4n) is 3.30. The van der Waals surface area contributed by atoms with Crippen molar-refractivity contribution >= 4 is 22.8 Å². The minimum absolute atomic E-state index is 0.548. The predicted octanol–water partition coefficient (Wildman–Crippen LogP) is 4.53. The van der Waals surface area contributed by atoms with Crippen LogP contribution in [0.4, 0.5) is 0 Å². The molecular formula is C22H19ClN6. The zero-order chi connectivity index (χ0) is 20.2. The number of nitriles is 1. The van der Waals surface area contributed by atoms with E-state index in [1.54, 1.807) is 16.8 Å². The molecule has 4 aromatic rings. The number of hydrogen-bond acceptors (Lipinski definition) is 5. The largest absolute Gasteiger partial charge is 0.234 e. The third-order valence-electron chi connectivity index (χ3n) is 4.67. The van der Waals surface area contributed by atoms with Crippen LogP contribution in [0.2, 0.25) is 5.02 Å². The Hall–Kier alpha value is -3.30. The fourth-order valence-corrected chi connectivity index (χ4v) is 3.50. The van der Waals surface area contributed by atoms with Gasteiger partial charge in [0.05, 0.1) is 18.3 Å². The first-order valence-corrected chi connectivity index (χ1v) is 9.86. The van der Waals surface area contributed by atoms with Gasteiger partial charge in [0.15, 0.2) is 11.2 Å². The van der Waals surface area contributed by atoms with Crippen LogP contribution in [0.25, 0.3) is 11.2 Å². The van der Waals surface area contributed by atoms with Crippen molar-refractivity contribution in [3.05, 3.63) is 82.3 Å². The van der Waals surface area contributed by atoms with Gasteiger partial charge in [-0.1, -0.05) is 66.2 Å². The van der Waals surface area contributed by atoms with Crippen LogP contribution in [0.15, 0.2) is 54.6 Å². The number of halogens is 1. The molecule has 144 valence electrons. The van der Waals surface area contributed by atoms with Crippen LogP contribution in [0.5, 0.6) is 0 Å². The first kappa shape index (κ1) is 19.0. The molecule has 0 aliphatic carbocycles. The standard InChI is InChI=1S/C22H19ClN6/c1-2-7-19-25-20(18(13-24)16-10-6-11-17(23)12-16)21-22(26-19)29(28-27-21)14-15-8-4-3-5-9-15/h3-6,8-12,18H,2,7,14H2,1H3/t18-/m1/s1. The number of fused-ring (bicyclic) bond motifs is 1. The highest BCUT2D eigenvalue weighted by Crippen LogP contribution is 2.29. The molecule has 6 nitrogen and oxygen atoms in total. The molecule has 0 radical (unpaired) electrons. The zero-order valence-corrected chi connectivity index (χ0v) is 16.7. The van der Waals surface area contributed by atoms with Crippen molar-refractivity contribution in [1.29, 1.82) is 5.26 Å². The van der Waals surface area contributed by atoms with E-state index in [2.05, 4.69) is 23.3 Å². The van der Waals surface area contributed by atoms with Gasteiger partial charge in [0.1, 0.15) is 11.7 Å². The van der Waals surface area contributed by atoms with E-state index in [9.17, 15) is 5.26 Å². The van der Waals surface area contributed by atoms with Gasteiger partial charge in [0.25, 0.3) is 0 Å². The summed E-state index contributed by atoms with van der Waals surface area (Å²) in [7, 11) is 0. The minimum atomic E-state index is -0.600. The Kier molecular flexibility index (Phi) is 5.50. The summed E-state index contributed by atoms with van der Waals surface area (Å²) in [5.74, 6) is 0.0885. The van der Waals surface area contributed by atoms with E-state index >= 15 is 0 Å². The molecule has 4 rings (SSSR count). The Morgan fingerprint density at radius 1 is 1.10 bits per heavy atom. The molecule has 2 aromatic heterocycles. The molecule has 0 aliphatic rings. The van der Waals surface area contributed by atoms with E-state index in [0.717, 1.165) is 17.5 Å². The Morgan fingerprint density at radius 3 is 2.66 bits per heavy atom. The number of benzene rings is 2. The highest BCUT2D eigenvalue weighted by Gasteiger charge is 2.23. The first-order valence-electron chi connectivity index (χ1n) is 9.48. The summed E-state index contributed by atoms with van der Waals surface area (Å²) in [4.78, 5) is 9.40. The molecule has 0 amide bonds. The summed E-state index contributed by atoms with van der Waals surface area (Å²) >= 11 is 6.15. The molecule has 7 heteroatoms. The molecule has 0 saturated carbocycles. The van der Waals surface area contributed by atoms with E-state index in [-0.39, 0.29) is 0 Å². The van der Waals surface area contributed by atoms with E-state index in [1.807, 2.05) is 42.5 Å². The highest BCUT2D eigenvalue weighted by molar-refractivity contribution is 6.30. The second-order valence-corrected chi connectivity index (χ2v) is 7.23. The third-order valence-corrected chi connectivity index (χ3v) is 4.90. The Bertz CT molecular complexity index is 1180.